The third-order valence-corrected chi connectivity index (χ3v) is 14.5. The zero-order valence-corrected chi connectivity index (χ0v) is 48.6. The Morgan fingerprint density at radius 1 is 0.384 bits per heavy atom. The van der Waals surface area contributed by atoms with Gasteiger partial charge in [-0.05, 0) is 103 Å². The molecule has 2 atom stereocenters. The number of hydrogen-bond acceptors (Lipinski definition) is 5. The van der Waals surface area contributed by atoms with Crippen molar-refractivity contribution in [2.24, 2.45) is 0 Å². The lowest BCUT2D eigenvalue weighted by molar-refractivity contribution is -0.143. The first-order chi connectivity index (χ1) is 36.0. The van der Waals surface area contributed by atoms with Gasteiger partial charge in [0, 0.05) is 12.8 Å². The van der Waals surface area contributed by atoms with Gasteiger partial charge in [0.1, 0.15) is 0 Å². The molecule has 0 aromatic heterocycles. The molecule has 0 bridgehead atoms. The van der Waals surface area contributed by atoms with E-state index in [-0.39, 0.29) is 18.5 Å². The van der Waals surface area contributed by atoms with Gasteiger partial charge in [-0.15, -0.1) is 0 Å². The first kappa shape index (κ1) is 70.6. The quantitative estimate of drug-likeness (QED) is 0.0320. The van der Waals surface area contributed by atoms with Crippen LogP contribution in [0.25, 0.3) is 0 Å². The van der Waals surface area contributed by atoms with Gasteiger partial charge in [0.25, 0.3) is 0 Å². The van der Waals surface area contributed by atoms with Crippen molar-refractivity contribution < 1.29 is 24.5 Å². The third-order valence-electron chi connectivity index (χ3n) is 14.5. The van der Waals surface area contributed by atoms with Crippen molar-refractivity contribution in [2.75, 3.05) is 13.2 Å². The molecule has 73 heavy (non-hydrogen) atoms. The number of ether oxygens (including phenoxy) is 1. The monoisotopic (exact) mass is 1020 g/mol. The minimum Gasteiger partial charge on any atom is -0.466 e. The molecule has 0 heterocycles. The van der Waals surface area contributed by atoms with E-state index in [0.717, 1.165) is 96.3 Å². The van der Waals surface area contributed by atoms with Crippen molar-refractivity contribution in [3.05, 3.63) is 60.8 Å². The van der Waals surface area contributed by atoms with Crippen LogP contribution in [-0.4, -0.2) is 47.4 Å². The zero-order valence-electron chi connectivity index (χ0n) is 48.6. The Morgan fingerprint density at radius 2 is 0.685 bits per heavy atom. The van der Waals surface area contributed by atoms with Crippen LogP contribution in [0.4, 0.5) is 0 Å². The van der Waals surface area contributed by atoms with Crippen LogP contribution < -0.4 is 5.32 Å². The van der Waals surface area contributed by atoms with E-state index in [0.29, 0.717) is 19.4 Å². The summed E-state index contributed by atoms with van der Waals surface area (Å²) >= 11 is 0. The number of rotatable bonds is 59. The van der Waals surface area contributed by atoms with E-state index >= 15 is 0 Å². The van der Waals surface area contributed by atoms with Gasteiger partial charge in [-0.1, -0.05) is 274 Å². The van der Waals surface area contributed by atoms with Crippen molar-refractivity contribution >= 4 is 11.9 Å². The molecular formula is C67H123NO5. The van der Waals surface area contributed by atoms with Gasteiger partial charge in [0.05, 0.1) is 25.4 Å². The lowest BCUT2D eigenvalue weighted by Gasteiger charge is -2.20. The van der Waals surface area contributed by atoms with Crippen molar-refractivity contribution in [2.45, 2.75) is 341 Å². The van der Waals surface area contributed by atoms with Crippen LogP contribution in [-0.2, 0) is 14.3 Å². The number of unbranched alkanes of at least 4 members (excludes halogenated alkanes) is 40. The molecule has 0 rings (SSSR count). The summed E-state index contributed by atoms with van der Waals surface area (Å²) in [6, 6.07) is -0.643. The zero-order chi connectivity index (χ0) is 52.9. The SMILES string of the molecule is CCCCC/C=C\C/C=C\CCCCCCCC(=O)OCCCCC/C=C\C/C=C\CCCCCCCCCC(=O)NC(CO)C(O)/C=C/CCCCCCCCCCCCCCCCCCCCCCCC. The molecule has 6 heteroatoms. The van der Waals surface area contributed by atoms with Gasteiger partial charge in [-0.25, -0.2) is 0 Å². The van der Waals surface area contributed by atoms with Crippen LogP contribution in [0.2, 0.25) is 0 Å². The molecule has 0 fully saturated rings. The number of nitrogens with one attached hydrogen (secondary N) is 1. The van der Waals surface area contributed by atoms with Crippen LogP contribution in [0.3, 0.4) is 0 Å². The van der Waals surface area contributed by atoms with Crippen LogP contribution in [0.5, 0.6) is 0 Å². The molecule has 0 aromatic carbocycles. The van der Waals surface area contributed by atoms with Crippen LogP contribution >= 0.6 is 0 Å². The molecule has 0 radical (unpaired) electrons. The highest BCUT2D eigenvalue weighted by atomic mass is 16.5. The molecule has 3 N–H and O–H groups in total. The highest BCUT2D eigenvalue weighted by Gasteiger charge is 2.18. The normalized spacial score (nSPS) is 13.0. The number of carbonyl (C=O) groups is 2. The highest BCUT2D eigenvalue weighted by Crippen LogP contribution is 2.17. The molecule has 2 unspecified atom stereocenters. The molecule has 0 saturated carbocycles. The molecule has 1 amide bonds. The second-order valence-corrected chi connectivity index (χ2v) is 21.7. The predicted octanol–water partition coefficient (Wildman–Crippen LogP) is 20.3. The van der Waals surface area contributed by atoms with Crippen LogP contribution in [0.1, 0.15) is 328 Å². The minimum atomic E-state index is -0.858. The molecule has 0 spiro atoms. The smallest absolute Gasteiger partial charge is 0.305 e. The Labute approximate surface area is 454 Å². The summed E-state index contributed by atoms with van der Waals surface area (Å²) in [5.41, 5.74) is 0. The average Bonchev–Trinajstić information content (AvgIpc) is 3.39. The molecule has 6 nitrogen and oxygen atoms in total. The molecule has 0 aliphatic carbocycles. The molecule has 0 aromatic rings. The van der Waals surface area contributed by atoms with Crippen molar-refractivity contribution in [3.8, 4) is 0 Å². The van der Waals surface area contributed by atoms with Crippen LogP contribution in [0.15, 0.2) is 60.8 Å². The van der Waals surface area contributed by atoms with Crippen molar-refractivity contribution in [1.82, 2.24) is 5.32 Å². The van der Waals surface area contributed by atoms with E-state index in [1.807, 2.05) is 6.08 Å². The first-order valence-electron chi connectivity index (χ1n) is 32.1. The average molecular weight is 1020 g/mol. The lowest BCUT2D eigenvalue weighted by Crippen LogP contribution is -2.45. The summed E-state index contributed by atoms with van der Waals surface area (Å²) < 4.78 is 5.45. The fraction of sp³-hybridized carbons (Fsp3) is 0.821. The first-order valence-corrected chi connectivity index (χ1v) is 32.1. The molecule has 0 aliphatic heterocycles. The molecular weight excluding hydrogens is 899 g/mol. The number of hydrogen-bond donors (Lipinski definition) is 3. The van der Waals surface area contributed by atoms with Gasteiger partial charge in [0.2, 0.25) is 5.91 Å². The number of allylic oxidation sites excluding steroid dienone is 9. The Hall–Kier alpha value is -2.44. The van der Waals surface area contributed by atoms with E-state index in [9.17, 15) is 19.8 Å². The Balaban J connectivity index is 3.53. The van der Waals surface area contributed by atoms with Gasteiger partial charge in [-0.3, -0.25) is 9.59 Å². The maximum Gasteiger partial charge on any atom is 0.305 e. The highest BCUT2D eigenvalue weighted by molar-refractivity contribution is 5.76. The number of carbonyl (C=O) groups excluding carboxylic acids is 2. The molecule has 426 valence electrons. The Bertz CT molecular complexity index is 1270. The Kier molecular flexibility index (Phi) is 60.0. The summed E-state index contributed by atoms with van der Waals surface area (Å²) in [6.07, 6.45) is 81.2. The largest absolute Gasteiger partial charge is 0.466 e. The summed E-state index contributed by atoms with van der Waals surface area (Å²) in [5, 5.41) is 23.2. The van der Waals surface area contributed by atoms with Gasteiger partial charge in [-0.2, -0.15) is 0 Å². The Morgan fingerprint density at radius 3 is 1.07 bits per heavy atom. The van der Waals surface area contributed by atoms with Crippen molar-refractivity contribution in [1.29, 1.82) is 0 Å². The topological polar surface area (TPSA) is 95.9 Å². The van der Waals surface area contributed by atoms with E-state index in [1.165, 1.54) is 205 Å². The summed E-state index contributed by atoms with van der Waals surface area (Å²) in [5.74, 6) is -0.113. The second kappa shape index (κ2) is 62.1. The molecule has 0 aliphatic rings. The summed E-state index contributed by atoms with van der Waals surface area (Å²) in [7, 11) is 0. The van der Waals surface area contributed by atoms with E-state index in [1.54, 1.807) is 6.08 Å². The lowest BCUT2D eigenvalue weighted by atomic mass is 10.0. The predicted molar refractivity (Wildman–Crippen MR) is 319 cm³/mol. The number of aliphatic hydroxyl groups is 2. The third kappa shape index (κ3) is 58.7. The van der Waals surface area contributed by atoms with Gasteiger partial charge in [0.15, 0.2) is 0 Å². The maximum absolute atomic E-state index is 12.5. The fourth-order valence-corrected chi connectivity index (χ4v) is 9.58. The number of esters is 1. The number of amides is 1. The molecule has 0 saturated heterocycles. The summed E-state index contributed by atoms with van der Waals surface area (Å²) in [6.45, 7) is 4.84. The summed E-state index contributed by atoms with van der Waals surface area (Å²) in [4.78, 5) is 24.5. The number of aliphatic hydroxyl groups excluding tert-OH is 2. The van der Waals surface area contributed by atoms with Crippen LogP contribution in [0, 0.1) is 0 Å². The fourth-order valence-electron chi connectivity index (χ4n) is 9.58. The standard InChI is InChI=1S/C67H123NO5/c1-3-5-7-9-11-13-15-17-19-20-21-22-23-24-25-26-28-32-35-39-43-47-51-55-59-65(70)64(63-69)68-66(71)60-56-52-48-44-40-36-33-29-27-30-34-38-42-46-50-54-58-62-73-67(72)61-57-53-49-45-41-37-31-18-16-14-12-10-8-6-4-2/h12,14,18,27,30-31,38,42,55,59,64-65,69-70H,3-11,13,15-17,19-26,28-29,32-37,39-41,43-54,56-58,60-63H2,1-2H3,(H,68,71)/b14-12-,30-27-,31-18-,42-38-,59-55+. The van der Waals surface area contributed by atoms with Gasteiger partial charge < -0.3 is 20.3 Å². The van der Waals surface area contributed by atoms with E-state index < -0.39 is 12.1 Å². The van der Waals surface area contributed by atoms with E-state index in [4.69, 9.17) is 4.74 Å². The van der Waals surface area contributed by atoms with E-state index in [2.05, 4.69) is 67.8 Å². The van der Waals surface area contributed by atoms with Crippen molar-refractivity contribution in [3.63, 3.8) is 0 Å². The minimum absolute atomic E-state index is 0.0306. The van der Waals surface area contributed by atoms with Gasteiger partial charge >= 0.3 is 5.97 Å². The maximum atomic E-state index is 12.5. The second-order valence-electron chi connectivity index (χ2n) is 21.7.